The summed E-state index contributed by atoms with van der Waals surface area (Å²) in [7, 11) is 0. The number of aryl methyl sites for hydroxylation is 1. The van der Waals surface area contributed by atoms with Gasteiger partial charge in [0.05, 0.1) is 5.54 Å². The van der Waals surface area contributed by atoms with Gasteiger partial charge in [-0.2, -0.15) is 5.26 Å². The molecule has 0 radical (unpaired) electrons. The summed E-state index contributed by atoms with van der Waals surface area (Å²) >= 11 is 0. The minimum absolute atomic E-state index is 0.148. The highest BCUT2D eigenvalue weighted by Gasteiger charge is 2.39. The molecule has 0 saturated heterocycles. The number of hydrogen-bond acceptors (Lipinski definition) is 5. The molecule has 2 aromatic rings. The Morgan fingerprint density at radius 1 is 1.26 bits per heavy atom. The molecule has 2 heterocycles. The van der Waals surface area contributed by atoms with Crippen LogP contribution in [0.3, 0.4) is 0 Å². The van der Waals surface area contributed by atoms with Crippen LogP contribution in [0.2, 0.25) is 0 Å². The van der Waals surface area contributed by atoms with Gasteiger partial charge in [-0.3, -0.25) is 10.3 Å². The predicted octanol–water partition coefficient (Wildman–Crippen LogP) is 2.01. The van der Waals surface area contributed by atoms with Crippen LogP contribution in [0.4, 0.5) is 0 Å². The molecule has 5 nitrogen and oxygen atoms in total. The predicted molar refractivity (Wildman–Crippen MR) is 88.6 cm³/mol. The van der Waals surface area contributed by atoms with Gasteiger partial charge in [-0.05, 0) is 35.6 Å². The standard InChI is InChI=1S/C18H17N5/c19-12-22-17-21-11-18(23-17)7-6-13-3-1-5-15(16(13)9-18)14-4-2-8-20-10-14/h1-5,8,10H,6-7,9,11H2,(H2,21,22,23). The molecule has 4 rings (SSSR count). The minimum Gasteiger partial charge on any atom is -0.353 e. The molecule has 2 N–H and O–H groups in total. The molecule has 0 bridgehead atoms. The summed E-state index contributed by atoms with van der Waals surface area (Å²) in [6.45, 7) is 0.776. The van der Waals surface area contributed by atoms with Gasteiger partial charge < -0.3 is 5.32 Å². The molecule has 1 aromatic carbocycles. The van der Waals surface area contributed by atoms with Crippen LogP contribution in [0.25, 0.3) is 11.1 Å². The lowest BCUT2D eigenvalue weighted by Gasteiger charge is -2.32. The first-order valence-electron chi connectivity index (χ1n) is 7.80. The van der Waals surface area contributed by atoms with E-state index in [9.17, 15) is 0 Å². The first kappa shape index (κ1) is 13.8. The number of aliphatic imine (C=N–C) groups is 1. The molecule has 1 aliphatic carbocycles. The van der Waals surface area contributed by atoms with E-state index < -0.39 is 0 Å². The van der Waals surface area contributed by atoms with Crippen molar-refractivity contribution in [2.45, 2.75) is 24.8 Å². The Morgan fingerprint density at radius 3 is 3.04 bits per heavy atom. The summed E-state index contributed by atoms with van der Waals surface area (Å²) in [6.07, 6.45) is 8.54. The van der Waals surface area contributed by atoms with Gasteiger partial charge in [0.2, 0.25) is 5.96 Å². The molecule has 0 saturated carbocycles. The maximum Gasteiger partial charge on any atom is 0.205 e. The van der Waals surface area contributed by atoms with Gasteiger partial charge in [0.1, 0.15) is 0 Å². The number of fused-ring (bicyclic) bond motifs is 1. The topological polar surface area (TPSA) is 73.1 Å². The lowest BCUT2D eigenvalue weighted by Crippen LogP contribution is -2.39. The maximum absolute atomic E-state index is 8.78. The Kier molecular flexibility index (Phi) is 3.23. The van der Waals surface area contributed by atoms with Gasteiger partial charge in [0.25, 0.3) is 0 Å². The van der Waals surface area contributed by atoms with Gasteiger partial charge in [-0.1, -0.05) is 24.3 Å². The van der Waals surface area contributed by atoms with E-state index in [1.54, 1.807) is 6.20 Å². The van der Waals surface area contributed by atoms with Crippen molar-refractivity contribution in [1.82, 2.24) is 15.6 Å². The van der Waals surface area contributed by atoms with Crippen molar-refractivity contribution in [3.63, 3.8) is 0 Å². The first-order valence-corrected chi connectivity index (χ1v) is 7.80. The average molecular weight is 303 g/mol. The number of nitrogens with zero attached hydrogens (tertiary/aromatic N) is 3. The van der Waals surface area contributed by atoms with Gasteiger partial charge in [-0.25, -0.2) is 4.99 Å². The van der Waals surface area contributed by atoms with Crippen LogP contribution in [0, 0.1) is 11.5 Å². The number of benzene rings is 1. The SMILES string of the molecule is N#CNC1=NC2(CCc3cccc(-c4cccnc4)c3C2)CN1. The molecular weight excluding hydrogens is 286 g/mol. The second-order valence-corrected chi connectivity index (χ2v) is 6.14. The Bertz CT molecular complexity index is 806. The number of hydrogen-bond donors (Lipinski definition) is 2. The van der Waals surface area contributed by atoms with Crippen LogP contribution in [0.5, 0.6) is 0 Å². The van der Waals surface area contributed by atoms with Gasteiger partial charge in [0.15, 0.2) is 6.19 Å². The Balaban J connectivity index is 1.74. The number of guanidine groups is 1. The molecule has 5 heteroatoms. The molecule has 1 aliphatic heterocycles. The summed E-state index contributed by atoms with van der Waals surface area (Å²) in [5.41, 5.74) is 4.99. The summed E-state index contributed by atoms with van der Waals surface area (Å²) in [5, 5.41) is 14.6. The third-order valence-electron chi connectivity index (χ3n) is 4.72. The van der Waals surface area contributed by atoms with Crippen molar-refractivity contribution >= 4 is 5.96 Å². The molecule has 0 amide bonds. The maximum atomic E-state index is 8.78. The fourth-order valence-corrected chi connectivity index (χ4v) is 3.59. The lowest BCUT2D eigenvalue weighted by atomic mass is 9.76. The van der Waals surface area contributed by atoms with E-state index in [1.807, 2.05) is 18.5 Å². The highest BCUT2D eigenvalue weighted by Crippen LogP contribution is 2.38. The van der Waals surface area contributed by atoms with Crippen molar-refractivity contribution in [2.24, 2.45) is 4.99 Å². The largest absolute Gasteiger partial charge is 0.353 e. The smallest absolute Gasteiger partial charge is 0.205 e. The number of rotatable bonds is 1. The van der Waals surface area contributed by atoms with E-state index >= 15 is 0 Å². The normalized spacial score (nSPS) is 22.0. The molecule has 1 unspecified atom stereocenters. The second kappa shape index (κ2) is 5.40. The highest BCUT2D eigenvalue weighted by molar-refractivity contribution is 5.83. The van der Waals surface area contributed by atoms with E-state index in [4.69, 9.17) is 10.3 Å². The van der Waals surface area contributed by atoms with Crippen molar-refractivity contribution in [3.8, 4) is 17.3 Å². The van der Waals surface area contributed by atoms with Crippen LogP contribution in [-0.4, -0.2) is 23.0 Å². The molecule has 1 aromatic heterocycles. The van der Waals surface area contributed by atoms with Crippen molar-refractivity contribution in [2.75, 3.05) is 6.54 Å². The highest BCUT2D eigenvalue weighted by atomic mass is 15.2. The summed E-state index contributed by atoms with van der Waals surface area (Å²) in [5.74, 6) is 0.592. The number of pyridine rings is 1. The third kappa shape index (κ3) is 2.42. The molecule has 1 atom stereocenters. The van der Waals surface area contributed by atoms with Crippen LogP contribution in [0.1, 0.15) is 17.5 Å². The monoisotopic (exact) mass is 303 g/mol. The Morgan fingerprint density at radius 2 is 2.22 bits per heavy atom. The van der Waals surface area contributed by atoms with E-state index in [2.05, 4.69) is 39.9 Å². The Hall–Kier alpha value is -2.87. The van der Waals surface area contributed by atoms with E-state index in [0.717, 1.165) is 31.4 Å². The first-order chi connectivity index (χ1) is 11.3. The zero-order valence-electron chi connectivity index (χ0n) is 12.7. The number of nitriles is 1. The van der Waals surface area contributed by atoms with Crippen LogP contribution in [0.15, 0.2) is 47.7 Å². The second-order valence-electron chi connectivity index (χ2n) is 6.14. The number of aromatic nitrogens is 1. The van der Waals surface area contributed by atoms with E-state index in [-0.39, 0.29) is 5.54 Å². The fourth-order valence-electron chi connectivity index (χ4n) is 3.59. The summed E-state index contributed by atoms with van der Waals surface area (Å²) in [4.78, 5) is 9.01. The van der Waals surface area contributed by atoms with Gasteiger partial charge in [-0.15, -0.1) is 0 Å². The number of nitrogens with one attached hydrogen (secondary N) is 2. The molecule has 1 spiro atoms. The minimum atomic E-state index is -0.148. The molecular formula is C18H17N5. The molecule has 2 aliphatic rings. The van der Waals surface area contributed by atoms with Gasteiger partial charge >= 0.3 is 0 Å². The Labute approximate surface area is 135 Å². The zero-order chi connectivity index (χ0) is 15.7. The van der Waals surface area contributed by atoms with E-state index in [0.29, 0.717) is 5.96 Å². The van der Waals surface area contributed by atoms with E-state index in [1.165, 1.54) is 16.7 Å². The summed E-state index contributed by atoms with van der Waals surface area (Å²) in [6, 6.07) is 10.6. The van der Waals surface area contributed by atoms with Gasteiger partial charge in [0, 0.05) is 30.9 Å². The molecule has 114 valence electrons. The fraction of sp³-hybridized carbons (Fsp3) is 0.278. The van der Waals surface area contributed by atoms with Crippen LogP contribution in [-0.2, 0) is 12.8 Å². The summed E-state index contributed by atoms with van der Waals surface area (Å²) < 4.78 is 0. The molecule has 0 fully saturated rings. The average Bonchev–Trinajstić information content (AvgIpc) is 2.98. The third-order valence-corrected chi connectivity index (χ3v) is 4.72. The van der Waals surface area contributed by atoms with Crippen molar-refractivity contribution in [1.29, 1.82) is 5.26 Å². The lowest BCUT2D eigenvalue weighted by molar-refractivity contribution is 0.395. The zero-order valence-corrected chi connectivity index (χ0v) is 12.7. The van der Waals surface area contributed by atoms with Crippen molar-refractivity contribution in [3.05, 3.63) is 53.9 Å². The molecule has 23 heavy (non-hydrogen) atoms. The quantitative estimate of drug-likeness (QED) is 0.624. The van der Waals surface area contributed by atoms with Crippen molar-refractivity contribution < 1.29 is 0 Å². The van der Waals surface area contributed by atoms with Crippen LogP contribution >= 0.6 is 0 Å². The van der Waals surface area contributed by atoms with Crippen LogP contribution < -0.4 is 10.6 Å².